The summed E-state index contributed by atoms with van der Waals surface area (Å²) in [5.74, 6) is 3.31. The van der Waals surface area contributed by atoms with Gasteiger partial charge in [-0.15, -0.1) is 0 Å². The number of rotatable bonds is 6. The number of benzene rings is 1. The van der Waals surface area contributed by atoms with Crippen molar-refractivity contribution in [1.82, 2.24) is 5.32 Å². The van der Waals surface area contributed by atoms with Gasteiger partial charge in [-0.3, -0.25) is 0 Å². The summed E-state index contributed by atoms with van der Waals surface area (Å²) in [6.07, 6.45) is 1.22. The van der Waals surface area contributed by atoms with Crippen LogP contribution in [0.1, 0.15) is 30.7 Å². The Morgan fingerprint density at radius 3 is 2.89 bits per heavy atom. The zero-order valence-corrected chi connectivity index (χ0v) is 12.1. The third kappa shape index (κ3) is 2.90. The van der Waals surface area contributed by atoms with Crippen molar-refractivity contribution in [2.75, 3.05) is 18.6 Å². The van der Waals surface area contributed by atoms with Crippen molar-refractivity contribution in [3.63, 3.8) is 0 Å². The number of furan rings is 1. The third-order valence-corrected chi connectivity index (χ3v) is 4.35. The van der Waals surface area contributed by atoms with Gasteiger partial charge in [0.2, 0.25) is 0 Å². The average molecular weight is 263 g/mol. The molecule has 2 aromatic rings. The van der Waals surface area contributed by atoms with Crippen LogP contribution < -0.4 is 5.32 Å². The first-order chi connectivity index (χ1) is 8.76. The molecule has 0 bridgehead atoms. The van der Waals surface area contributed by atoms with E-state index in [9.17, 15) is 0 Å². The van der Waals surface area contributed by atoms with Crippen LogP contribution in [0.2, 0.25) is 0 Å². The van der Waals surface area contributed by atoms with Gasteiger partial charge in [0.05, 0.1) is 6.04 Å². The van der Waals surface area contributed by atoms with Gasteiger partial charge in [-0.05, 0) is 37.8 Å². The van der Waals surface area contributed by atoms with Gasteiger partial charge in [0, 0.05) is 11.1 Å². The Morgan fingerprint density at radius 1 is 1.39 bits per heavy atom. The van der Waals surface area contributed by atoms with Gasteiger partial charge >= 0.3 is 0 Å². The van der Waals surface area contributed by atoms with Crippen molar-refractivity contribution in [3.8, 4) is 0 Å². The van der Waals surface area contributed by atoms with E-state index in [0.717, 1.165) is 17.1 Å². The fraction of sp³-hybridized carbons (Fsp3) is 0.467. The molecular formula is C15H21NOS. The fourth-order valence-electron chi connectivity index (χ4n) is 2.05. The summed E-state index contributed by atoms with van der Waals surface area (Å²) in [5.41, 5.74) is 2.23. The lowest BCUT2D eigenvalue weighted by molar-refractivity contribution is 0.478. The number of para-hydroxylation sites is 1. The molecule has 18 heavy (non-hydrogen) atoms. The summed E-state index contributed by atoms with van der Waals surface area (Å²) < 4.78 is 6.01. The lowest BCUT2D eigenvalue weighted by Crippen LogP contribution is -2.18. The van der Waals surface area contributed by atoms with Gasteiger partial charge in [0.1, 0.15) is 11.3 Å². The van der Waals surface area contributed by atoms with E-state index < -0.39 is 0 Å². The maximum absolute atomic E-state index is 6.01. The second-order valence-electron chi connectivity index (χ2n) is 4.56. The Kier molecular flexibility index (Phi) is 4.72. The minimum Gasteiger partial charge on any atom is -0.459 e. The number of hydrogen-bond acceptors (Lipinski definition) is 3. The summed E-state index contributed by atoms with van der Waals surface area (Å²) >= 11 is 1.97. The molecule has 0 spiro atoms. The predicted octanol–water partition coefficient (Wildman–Crippen LogP) is 4.14. The molecule has 1 unspecified atom stereocenters. The minimum atomic E-state index is 0.299. The van der Waals surface area contributed by atoms with Gasteiger partial charge in [-0.2, -0.15) is 11.8 Å². The molecule has 0 saturated heterocycles. The number of thioether (sulfide) groups is 1. The maximum atomic E-state index is 6.01. The van der Waals surface area contributed by atoms with Crippen molar-refractivity contribution in [2.45, 2.75) is 26.3 Å². The zero-order valence-electron chi connectivity index (χ0n) is 11.3. The number of hydrogen-bond donors (Lipinski definition) is 1. The van der Waals surface area contributed by atoms with Crippen LogP contribution in [0.25, 0.3) is 11.0 Å². The van der Waals surface area contributed by atoms with E-state index in [1.165, 1.54) is 23.1 Å². The molecule has 1 atom stereocenters. The molecule has 0 aliphatic heterocycles. The maximum Gasteiger partial charge on any atom is 0.137 e. The highest BCUT2D eigenvalue weighted by atomic mass is 32.2. The molecule has 0 radical (unpaired) electrons. The summed E-state index contributed by atoms with van der Waals surface area (Å²) in [5, 5.41) is 4.54. The monoisotopic (exact) mass is 263 g/mol. The molecule has 0 aliphatic rings. The Bertz CT molecular complexity index is 506. The fourth-order valence-corrected chi connectivity index (χ4v) is 3.08. The van der Waals surface area contributed by atoms with Crippen LogP contribution in [-0.2, 0) is 0 Å². The molecule has 2 nitrogen and oxygen atoms in total. The summed E-state index contributed by atoms with van der Waals surface area (Å²) in [6.45, 7) is 4.31. The van der Waals surface area contributed by atoms with E-state index in [0.29, 0.717) is 6.04 Å². The summed E-state index contributed by atoms with van der Waals surface area (Å²) in [4.78, 5) is 0. The highest BCUT2D eigenvalue weighted by molar-refractivity contribution is 7.99. The van der Waals surface area contributed by atoms with Crippen molar-refractivity contribution >= 4 is 22.7 Å². The van der Waals surface area contributed by atoms with E-state index in [4.69, 9.17) is 4.42 Å². The molecular weight excluding hydrogens is 242 g/mol. The summed E-state index contributed by atoms with van der Waals surface area (Å²) in [6, 6.07) is 8.75. The summed E-state index contributed by atoms with van der Waals surface area (Å²) in [7, 11) is 2.00. The number of nitrogens with one attached hydrogen (secondary N) is 1. The molecule has 3 heteroatoms. The molecule has 1 heterocycles. The van der Waals surface area contributed by atoms with Crippen molar-refractivity contribution in [3.05, 3.63) is 35.6 Å². The highest BCUT2D eigenvalue weighted by Gasteiger charge is 2.15. The molecule has 1 aromatic heterocycles. The number of fused-ring (bicyclic) bond motifs is 1. The molecule has 98 valence electrons. The second kappa shape index (κ2) is 6.30. The minimum absolute atomic E-state index is 0.299. The van der Waals surface area contributed by atoms with E-state index in [1.807, 2.05) is 18.8 Å². The van der Waals surface area contributed by atoms with E-state index in [1.54, 1.807) is 0 Å². The van der Waals surface area contributed by atoms with E-state index in [2.05, 4.69) is 43.4 Å². The SMILES string of the molecule is CCCSCC(NC)c1cc2cccc(C)c2o1. The van der Waals surface area contributed by atoms with Gasteiger partial charge in [-0.1, -0.05) is 25.1 Å². The lowest BCUT2D eigenvalue weighted by atomic mass is 10.1. The number of aryl methyl sites for hydroxylation is 1. The first-order valence-electron chi connectivity index (χ1n) is 6.50. The van der Waals surface area contributed by atoms with Crippen LogP contribution in [0.4, 0.5) is 0 Å². The molecule has 2 rings (SSSR count). The second-order valence-corrected chi connectivity index (χ2v) is 5.71. The normalized spacial score (nSPS) is 13.1. The Hall–Kier alpha value is -0.930. The average Bonchev–Trinajstić information content (AvgIpc) is 2.80. The molecule has 0 fully saturated rings. The van der Waals surface area contributed by atoms with E-state index in [-0.39, 0.29) is 0 Å². The Labute approximate surface area is 113 Å². The molecule has 1 N–H and O–H groups in total. The van der Waals surface area contributed by atoms with Crippen molar-refractivity contribution in [2.24, 2.45) is 0 Å². The molecule has 1 aromatic carbocycles. The van der Waals surface area contributed by atoms with E-state index >= 15 is 0 Å². The van der Waals surface area contributed by atoms with Crippen LogP contribution in [0.5, 0.6) is 0 Å². The Balaban J connectivity index is 2.20. The van der Waals surface area contributed by atoms with Crippen LogP contribution in [0, 0.1) is 6.92 Å². The lowest BCUT2D eigenvalue weighted by Gasteiger charge is -2.12. The largest absolute Gasteiger partial charge is 0.459 e. The van der Waals surface area contributed by atoms with Crippen LogP contribution in [0.15, 0.2) is 28.7 Å². The van der Waals surface area contributed by atoms with Crippen molar-refractivity contribution < 1.29 is 4.42 Å². The zero-order chi connectivity index (χ0) is 13.0. The predicted molar refractivity (Wildman–Crippen MR) is 80.4 cm³/mol. The highest BCUT2D eigenvalue weighted by Crippen LogP contribution is 2.28. The standard InChI is InChI=1S/C15H21NOS/c1-4-8-18-10-13(16-3)14-9-12-7-5-6-11(2)15(12)17-14/h5-7,9,13,16H,4,8,10H2,1-3H3. The van der Waals surface area contributed by atoms with Gasteiger partial charge < -0.3 is 9.73 Å². The van der Waals surface area contributed by atoms with Crippen LogP contribution >= 0.6 is 11.8 Å². The van der Waals surface area contributed by atoms with Crippen molar-refractivity contribution in [1.29, 1.82) is 0 Å². The van der Waals surface area contributed by atoms with Gasteiger partial charge in [0.15, 0.2) is 0 Å². The first-order valence-corrected chi connectivity index (χ1v) is 7.65. The molecule has 0 saturated carbocycles. The topological polar surface area (TPSA) is 25.2 Å². The van der Waals surface area contributed by atoms with Gasteiger partial charge in [0.25, 0.3) is 0 Å². The smallest absolute Gasteiger partial charge is 0.137 e. The molecule has 0 amide bonds. The van der Waals surface area contributed by atoms with Crippen LogP contribution in [0.3, 0.4) is 0 Å². The van der Waals surface area contributed by atoms with Crippen LogP contribution in [-0.4, -0.2) is 18.6 Å². The molecule has 0 aliphatic carbocycles. The third-order valence-electron chi connectivity index (χ3n) is 3.08. The van der Waals surface area contributed by atoms with Gasteiger partial charge in [-0.25, -0.2) is 0 Å². The first kappa shape index (κ1) is 13.5. The Morgan fingerprint density at radius 2 is 2.22 bits per heavy atom. The quantitative estimate of drug-likeness (QED) is 0.793.